The normalized spacial score (nSPS) is 16.7. The molecule has 0 N–H and O–H groups in total. The highest BCUT2D eigenvalue weighted by Crippen LogP contribution is 2.29. The van der Waals surface area contributed by atoms with Crippen LogP contribution in [0.25, 0.3) is 22.4 Å². The van der Waals surface area contributed by atoms with Crippen molar-refractivity contribution in [2.24, 2.45) is 13.0 Å². The number of anilines is 1. The number of hydrogen-bond donors (Lipinski definition) is 0. The van der Waals surface area contributed by atoms with Crippen molar-refractivity contribution in [3.8, 4) is 11.4 Å². The van der Waals surface area contributed by atoms with Crippen molar-refractivity contribution < 1.29 is 4.79 Å². The third kappa shape index (κ3) is 4.80. The number of nitrogens with zero attached hydrogens (tertiary/aromatic N) is 5. The molecule has 3 aromatic rings. The Morgan fingerprint density at radius 3 is 2.69 bits per heavy atom. The van der Waals surface area contributed by atoms with E-state index < -0.39 is 0 Å². The fraction of sp³-hybridized carbons (Fsp3) is 0.462. The molecule has 1 saturated heterocycles. The van der Waals surface area contributed by atoms with Crippen LogP contribution in [0.3, 0.4) is 0 Å². The number of para-hydroxylation sites is 2. The minimum atomic E-state index is 0.0625. The number of carbonyl (C=O) groups excluding carboxylic acids is 1. The van der Waals surface area contributed by atoms with Gasteiger partial charge in [-0.05, 0) is 64.2 Å². The summed E-state index contributed by atoms with van der Waals surface area (Å²) < 4.78 is 2.15. The van der Waals surface area contributed by atoms with Crippen LogP contribution < -0.4 is 4.90 Å². The molecule has 0 radical (unpaired) electrons. The lowest BCUT2D eigenvalue weighted by molar-refractivity contribution is -0.134. The van der Waals surface area contributed by atoms with Crippen LogP contribution in [0.15, 0.2) is 48.5 Å². The van der Waals surface area contributed by atoms with Gasteiger partial charge in [0.15, 0.2) is 0 Å². The van der Waals surface area contributed by atoms with Gasteiger partial charge in [-0.1, -0.05) is 24.3 Å². The Labute approximate surface area is 191 Å². The third-order valence-electron chi connectivity index (χ3n) is 6.50. The van der Waals surface area contributed by atoms with Crippen molar-refractivity contribution >= 4 is 22.6 Å². The lowest BCUT2D eigenvalue weighted by atomic mass is 9.95. The number of carbonyl (C=O) groups is 1. The molecule has 0 unspecified atom stereocenters. The molecule has 32 heavy (non-hydrogen) atoms. The molecule has 2 aromatic carbocycles. The van der Waals surface area contributed by atoms with Crippen LogP contribution in [0.2, 0.25) is 0 Å². The number of imidazole rings is 1. The van der Waals surface area contributed by atoms with Crippen LogP contribution >= 0.6 is 0 Å². The maximum absolute atomic E-state index is 13.1. The van der Waals surface area contributed by atoms with Crippen molar-refractivity contribution in [2.45, 2.75) is 19.3 Å². The third-order valence-corrected chi connectivity index (χ3v) is 6.50. The van der Waals surface area contributed by atoms with Gasteiger partial charge >= 0.3 is 0 Å². The SMILES string of the molecule is CN(C)CCCN(C)C(=O)[C@H]1CCCN(c2cccc(-c3nc4ccccc4n3C)c2)C1. The van der Waals surface area contributed by atoms with E-state index in [4.69, 9.17) is 4.98 Å². The fourth-order valence-electron chi connectivity index (χ4n) is 4.70. The van der Waals surface area contributed by atoms with E-state index in [0.717, 1.165) is 67.9 Å². The topological polar surface area (TPSA) is 44.6 Å². The maximum Gasteiger partial charge on any atom is 0.227 e. The summed E-state index contributed by atoms with van der Waals surface area (Å²) in [7, 11) is 8.16. The molecule has 6 nitrogen and oxygen atoms in total. The van der Waals surface area contributed by atoms with Crippen LogP contribution in [-0.2, 0) is 11.8 Å². The molecule has 1 aromatic heterocycles. The van der Waals surface area contributed by atoms with Crippen molar-refractivity contribution in [3.05, 3.63) is 48.5 Å². The molecule has 1 aliphatic heterocycles. The largest absolute Gasteiger partial charge is 0.371 e. The minimum absolute atomic E-state index is 0.0625. The van der Waals surface area contributed by atoms with Gasteiger partial charge in [-0.2, -0.15) is 0 Å². The molecule has 0 bridgehead atoms. The molecule has 1 amide bonds. The van der Waals surface area contributed by atoms with E-state index >= 15 is 0 Å². The molecule has 4 rings (SSSR count). The van der Waals surface area contributed by atoms with Crippen molar-refractivity contribution in [1.82, 2.24) is 19.4 Å². The smallest absolute Gasteiger partial charge is 0.227 e. The Balaban J connectivity index is 1.48. The molecule has 0 aliphatic carbocycles. The van der Waals surface area contributed by atoms with E-state index in [1.54, 1.807) is 0 Å². The molecular weight excluding hydrogens is 398 g/mol. The Morgan fingerprint density at radius 2 is 1.91 bits per heavy atom. The Bertz CT molecular complexity index is 1070. The quantitative estimate of drug-likeness (QED) is 0.567. The summed E-state index contributed by atoms with van der Waals surface area (Å²) in [6, 6.07) is 16.8. The lowest BCUT2D eigenvalue weighted by Gasteiger charge is -2.35. The van der Waals surface area contributed by atoms with Crippen LogP contribution in [0.1, 0.15) is 19.3 Å². The second kappa shape index (κ2) is 9.74. The first kappa shape index (κ1) is 22.3. The summed E-state index contributed by atoms with van der Waals surface area (Å²) in [5.41, 5.74) is 4.42. The number of hydrogen-bond acceptors (Lipinski definition) is 4. The second-order valence-electron chi connectivity index (χ2n) is 9.24. The molecule has 1 atom stereocenters. The van der Waals surface area contributed by atoms with Gasteiger partial charge in [0.25, 0.3) is 0 Å². The van der Waals surface area contributed by atoms with E-state index in [1.165, 1.54) is 5.69 Å². The van der Waals surface area contributed by atoms with E-state index in [2.05, 4.69) is 71.9 Å². The van der Waals surface area contributed by atoms with E-state index in [-0.39, 0.29) is 11.8 Å². The average Bonchev–Trinajstić information content (AvgIpc) is 3.15. The number of aromatic nitrogens is 2. The highest BCUT2D eigenvalue weighted by atomic mass is 16.2. The van der Waals surface area contributed by atoms with Gasteiger partial charge in [0.05, 0.1) is 17.0 Å². The molecule has 1 fully saturated rings. The predicted octanol–water partition coefficient (Wildman–Crippen LogP) is 3.87. The fourth-order valence-corrected chi connectivity index (χ4v) is 4.70. The molecule has 0 spiro atoms. The molecule has 0 saturated carbocycles. The summed E-state index contributed by atoms with van der Waals surface area (Å²) in [6.07, 6.45) is 3.02. The first-order valence-corrected chi connectivity index (χ1v) is 11.6. The monoisotopic (exact) mass is 433 g/mol. The van der Waals surface area contributed by atoms with Crippen LogP contribution in [0.4, 0.5) is 5.69 Å². The van der Waals surface area contributed by atoms with Crippen LogP contribution in [-0.4, -0.2) is 72.6 Å². The van der Waals surface area contributed by atoms with Gasteiger partial charge in [0, 0.05) is 45.0 Å². The first-order valence-electron chi connectivity index (χ1n) is 11.6. The summed E-state index contributed by atoms with van der Waals surface area (Å²) in [6.45, 7) is 3.59. The predicted molar refractivity (Wildman–Crippen MR) is 132 cm³/mol. The van der Waals surface area contributed by atoms with Crippen molar-refractivity contribution in [3.63, 3.8) is 0 Å². The molecular formula is C26H35N5O. The zero-order chi connectivity index (χ0) is 22.7. The molecule has 6 heteroatoms. The van der Waals surface area contributed by atoms with E-state index in [0.29, 0.717) is 0 Å². The molecule has 2 heterocycles. The number of piperidine rings is 1. The zero-order valence-electron chi connectivity index (χ0n) is 19.8. The van der Waals surface area contributed by atoms with Crippen molar-refractivity contribution in [1.29, 1.82) is 0 Å². The Morgan fingerprint density at radius 1 is 1.09 bits per heavy atom. The Kier molecular flexibility index (Phi) is 6.80. The number of fused-ring (bicyclic) bond motifs is 1. The first-order chi connectivity index (χ1) is 15.4. The van der Waals surface area contributed by atoms with Crippen LogP contribution in [0.5, 0.6) is 0 Å². The number of benzene rings is 2. The highest BCUT2D eigenvalue weighted by Gasteiger charge is 2.28. The number of aryl methyl sites for hydroxylation is 1. The minimum Gasteiger partial charge on any atom is -0.371 e. The van der Waals surface area contributed by atoms with Gasteiger partial charge in [-0.3, -0.25) is 4.79 Å². The standard InChI is InChI=1S/C26H35N5O/c1-28(2)15-9-16-29(3)26(32)21-11-8-17-31(19-21)22-12-7-10-20(18-22)25-27-23-13-5-6-14-24(23)30(25)4/h5-7,10,12-14,18,21H,8-9,11,15-17,19H2,1-4H3/t21-/m0/s1. The highest BCUT2D eigenvalue weighted by molar-refractivity contribution is 5.81. The Hall–Kier alpha value is -2.86. The van der Waals surface area contributed by atoms with Crippen LogP contribution in [0, 0.1) is 5.92 Å². The summed E-state index contributed by atoms with van der Waals surface area (Å²) in [4.78, 5) is 24.4. The van der Waals surface area contributed by atoms with Gasteiger partial charge in [-0.25, -0.2) is 4.98 Å². The van der Waals surface area contributed by atoms with Gasteiger partial charge in [0.2, 0.25) is 5.91 Å². The van der Waals surface area contributed by atoms with Gasteiger partial charge in [-0.15, -0.1) is 0 Å². The summed E-state index contributed by atoms with van der Waals surface area (Å²) in [5.74, 6) is 1.31. The van der Waals surface area contributed by atoms with E-state index in [1.807, 2.05) is 24.1 Å². The van der Waals surface area contributed by atoms with Gasteiger partial charge < -0.3 is 19.3 Å². The lowest BCUT2D eigenvalue weighted by Crippen LogP contribution is -2.44. The zero-order valence-corrected chi connectivity index (χ0v) is 19.8. The average molecular weight is 434 g/mol. The van der Waals surface area contributed by atoms with Crippen molar-refractivity contribution in [2.75, 3.05) is 52.2 Å². The van der Waals surface area contributed by atoms with Gasteiger partial charge in [0.1, 0.15) is 5.82 Å². The second-order valence-corrected chi connectivity index (χ2v) is 9.24. The number of rotatable bonds is 7. The molecule has 1 aliphatic rings. The molecule has 170 valence electrons. The maximum atomic E-state index is 13.1. The number of amides is 1. The summed E-state index contributed by atoms with van der Waals surface area (Å²) in [5, 5.41) is 0. The van der Waals surface area contributed by atoms with E-state index in [9.17, 15) is 4.79 Å². The summed E-state index contributed by atoms with van der Waals surface area (Å²) >= 11 is 0.